The van der Waals surface area contributed by atoms with Crippen LogP contribution in [0.25, 0.3) is 0 Å². The van der Waals surface area contributed by atoms with E-state index in [1.165, 1.54) is 0 Å². The predicted molar refractivity (Wildman–Crippen MR) is 134 cm³/mol. The van der Waals surface area contributed by atoms with E-state index in [0.29, 0.717) is 26.1 Å². The van der Waals surface area contributed by atoms with Gasteiger partial charge in [-0.3, -0.25) is 9.59 Å². The van der Waals surface area contributed by atoms with Crippen LogP contribution in [0.1, 0.15) is 44.9 Å². The smallest absolute Gasteiger partial charge is 0.224 e. The Bertz CT molecular complexity index is 802. The van der Waals surface area contributed by atoms with E-state index in [1.54, 1.807) is 12.2 Å². The Morgan fingerprint density at radius 1 is 0.636 bits per heavy atom. The predicted octanol–water partition coefficient (Wildman–Crippen LogP) is 6.12. The first-order valence-corrected chi connectivity index (χ1v) is 11.4. The van der Waals surface area contributed by atoms with E-state index in [-0.39, 0.29) is 11.8 Å². The number of ether oxygens (including phenoxy) is 2. The van der Waals surface area contributed by atoms with Gasteiger partial charge in [0, 0.05) is 24.2 Å². The minimum Gasteiger partial charge on any atom is -0.490 e. The lowest BCUT2D eigenvalue weighted by Crippen LogP contribution is -2.11. The van der Waals surface area contributed by atoms with Crippen LogP contribution in [0.3, 0.4) is 0 Å². The van der Waals surface area contributed by atoms with E-state index < -0.39 is 0 Å². The highest BCUT2D eigenvalue weighted by atomic mass is 16.5. The molecule has 0 saturated heterocycles. The molecule has 2 aromatic rings. The van der Waals surface area contributed by atoms with Crippen LogP contribution in [0.2, 0.25) is 0 Å². The molecule has 0 aliphatic rings. The van der Waals surface area contributed by atoms with E-state index in [1.807, 2.05) is 48.5 Å². The van der Waals surface area contributed by atoms with Gasteiger partial charge < -0.3 is 20.1 Å². The van der Waals surface area contributed by atoms with Crippen molar-refractivity contribution in [2.75, 3.05) is 23.8 Å². The van der Waals surface area contributed by atoms with Crippen molar-refractivity contribution in [3.05, 3.63) is 73.8 Å². The van der Waals surface area contributed by atoms with E-state index in [4.69, 9.17) is 9.47 Å². The maximum atomic E-state index is 12.1. The van der Waals surface area contributed by atoms with E-state index in [9.17, 15) is 9.59 Å². The van der Waals surface area contributed by atoms with Crippen LogP contribution in [0.5, 0.6) is 11.5 Å². The summed E-state index contributed by atoms with van der Waals surface area (Å²) in [6.07, 6.45) is 8.95. The number of anilines is 2. The number of carbonyl (C=O) groups is 2. The SMILES string of the molecule is C=CCOc1ccc(NC(=O)CCCCCCCC(=O)Nc2ccc(OCC=C)cc2)cc1. The fourth-order valence-electron chi connectivity index (χ4n) is 3.13. The zero-order chi connectivity index (χ0) is 23.7. The van der Waals surface area contributed by atoms with E-state index >= 15 is 0 Å². The third-order valence-corrected chi connectivity index (χ3v) is 4.82. The molecule has 0 fully saturated rings. The molecule has 33 heavy (non-hydrogen) atoms. The molecule has 0 aliphatic carbocycles. The van der Waals surface area contributed by atoms with Crippen molar-refractivity contribution >= 4 is 23.2 Å². The second-order valence-electron chi connectivity index (χ2n) is 7.61. The molecule has 0 atom stereocenters. The quantitative estimate of drug-likeness (QED) is 0.238. The Kier molecular flexibility index (Phi) is 11.9. The number of amides is 2. The fourth-order valence-corrected chi connectivity index (χ4v) is 3.13. The maximum Gasteiger partial charge on any atom is 0.224 e. The molecule has 6 heteroatoms. The molecule has 0 aromatic heterocycles. The van der Waals surface area contributed by atoms with E-state index in [0.717, 1.165) is 55.0 Å². The highest BCUT2D eigenvalue weighted by Gasteiger charge is 2.05. The van der Waals surface area contributed by atoms with Crippen LogP contribution in [0.4, 0.5) is 11.4 Å². The Hall–Kier alpha value is -3.54. The van der Waals surface area contributed by atoms with Crippen molar-refractivity contribution < 1.29 is 19.1 Å². The van der Waals surface area contributed by atoms with Crippen LogP contribution in [-0.4, -0.2) is 25.0 Å². The second-order valence-corrected chi connectivity index (χ2v) is 7.61. The summed E-state index contributed by atoms with van der Waals surface area (Å²) in [6, 6.07) is 14.6. The average Bonchev–Trinajstić information content (AvgIpc) is 2.82. The summed E-state index contributed by atoms with van der Waals surface area (Å²) >= 11 is 0. The third-order valence-electron chi connectivity index (χ3n) is 4.82. The summed E-state index contributed by atoms with van der Waals surface area (Å²) in [7, 11) is 0. The summed E-state index contributed by atoms with van der Waals surface area (Å²) in [4.78, 5) is 24.1. The van der Waals surface area contributed by atoms with Gasteiger partial charge in [0.15, 0.2) is 0 Å². The van der Waals surface area contributed by atoms with Crippen molar-refractivity contribution in [1.29, 1.82) is 0 Å². The first kappa shape index (κ1) is 25.7. The van der Waals surface area contributed by atoms with Crippen LogP contribution < -0.4 is 20.1 Å². The first-order valence-electron chi connectivity index (χ1n) is 11.4. The molecule has 0 saturated carbocycles. The van der Waals surface area contributed by atoms with Gasteiger partial charge in [0.05, 0.1) is 0 Å². The lowest BCUT2D eigenvalue weighted by Gasteiger charge is -2.08. The normalized spacial score (nSPS) is 10.2. The van der Waals surface area contributed by atoms with Gasteiger partial charge in [-0.05, 0) is 61.4 Å². The van der Waals surface area contributed by atoms with Crippen LogP contribution in [0, 0.1) is 0 Å². The molecular weight excluding hydrogens is 416 g/mol. The monoisotopic (exact) mass is 450 g/mol. The number of hydrogen-bond donors (Lipinski definition) is 2. The zero-order valence-corrected chi connectivity index (χ0v) is 19.2. The van der Waals surface area contributed by atoms with Crippen LogP contribution >= 0.6 is 0 Å². The maximum absolute atomic E-state index is 12.1. The van der Waals surface area contributed by atoms with E-state index in [2.05, 4.69) is 23.8 Å². The molecule has 0 radical (unpaired) electrons. The number of carbonyl (C=O) groups excluding carboxylic acids is 2. The number of rotatable bonds is 16. The number of nitrogens with one attached hydrogen (secondary N) is 2. The van der Waals surface area contributed by atoms with Gasteiger partial charge in [0.2, 0.25) is 11.8 Å². The lowest BCUT2D eigenvalue weighted by molar-refractivity contribution is -0.117. The molecule has 2 aromatic carbocycles. The van der Waals surface area contributed by atoms with Crippen molar-refractivity contribution in [2.45, 2.75) is 44.9 Å². The summed E-state index contributed by atoms with van der Waals surface area (Å²) in [5.74, 6) is 1.51. The van der Waals surface area contributed by atoms with Gasteiger partial charge in [-0.25, -0.2) is 0 Å². The van der Waals surface area contributed by atoms with Gasteiger partial charge >= 0.3 is 0 Å². The van der Waals surface area contributed by atoms with Crippen molar-refractivity contribution in [3.63, 3.8) is 0 Å². The lowest BCUT2D eigenvalue weighted by atomic mass is 10.1. The highest BCUT2D eigenvalue weighted by molar-refractivity contribution is 5.91. The molecule has 6 nitrogen and oxygen atoms in total. The summed E-state index contributed by atoms with van der Waals surface area (Å²) in [5, 5.41) is 5.80. The van der Waals surface area contributed by atoms with Gasteiger partial charge in [-0.15, -0.1) is 0 Å². The topological polar surface area (TPSA) is 76.7 Å². The summed E-state index contributed by atoms with van der Waals surface area (Å²) in [5.41, 5.74) is 1.52. The van der Waals surface area contributed by atoms with Crippen molar-refractivity contribution in [3.8, 4) is 11.5 Å². The minimum absolute atomic E-state index is 0.00930. The molecule has 0 unspecified atom stereocenters. The minimum atomic E-state index is 0.00930. The summed E-state index contributed by atoms with van der Waals surface area (Å²) < 4.78 is 10.8. The van der Waals surface area contributed by atoms with Crippen LogP contribution in [-0.2, 0) is 9.59 Å². The molecule has 2 rings (SSSR count). The van der Waals surface area contributed by atoms with Crippen molar-refractivity contribution in [1.82, 2.24) is 0 Å². The molecule has 0 spiro atoms. The average molecular weight is 451 g/mol. The van der Waals surface area contributed by atoms with Gasteiger partial charge in [0.25, 0.3) is 0 Å². The largest absolute Gasteiger partial charge is 0.490 e. The number of unbranched alkanes of at least 4 members (excludes halogenated alkanes) is 4. The molecule has 2 amide bonds. The van der Waals surface area contributed by atoms with Crippen LogP contribution in [0.15, 0.2) is 73.8 Å². The Balaban J connectivity index is 1.51. The molecule has 2 N–H and O–H groups in total. The zero-order valence-electron chi connectivity index (χ0n) is 19.2. The summed E-state index contributed by atoms with van der Waals surface area (Å²) in [6.45, 7) is 8.13. The first-order chi connectivity index (χ1) is 16.1. The highest BCUT2D eigenvalue weighted by Crippen LogP contribution is 2.18. The van der Waals surface area contributed by atoms with Gasteiger partial charge in [0.1, 0.15) is 24.7 Å². The molecule has 176 valence electrons. The second kappa shape index (κ2) is 15.3. The molecule has 0 aliphatic heterocycles. The fraction of sp³-hybridized carbons (Fsp3) is 0.333. The number of hydrogen-bond acceptors (Lipinski definition) is 4. The van der Waals surface area contributed by atoms with Gasteiger partial charge in [-0.1, -0.05) is 44.6 Å². The van der Waals surface area contributed by atoms with Gasteiger partial charge in [-0.2, -0.15) is 0 Å². The molecule has 0 heterocycles. The Labute approximate surface area is 196 Å². The Morgan fingerprint density at radius 3 is 1.36 bits per heavy atom. The molecule has 0 bridgehead atoms. The van der Waals surface area contributed by atoms with Crippen molar-refractivity contribution in [2.24, 2.45) is 0 Å². The number of benzene rings is 2. The molecular formula is C27H34N2O4. The standard InChI is InChI=1S/C27H34N2O4/c1-3-20-32-24-16-12-22(13-17-24)28-26(30)10-8-6-5-7-9-11-27(31)29-23-14-18-25(19-15-23)33-21-4-2/h3-4,12-19H,1-2,5-11,20-21H2,(H,28,30)(H,29,31). The Morgan fingerprint density at radius 2 is 1.00 bits per heavy atom. The third kappa shape index (κ3) is 11.1.